The van der Waals surface area contributed by atoms with E-state index in [1.807, 2.05) is 19.9 Å². The molecular formula is C13H22N2O3S. The molecule has 0 rings (SSSR count). The maximum Gasteiger partial charge on any atom is 0.329 e. The quantitative estimate of drug-likeness (QED) is 0.594. The number of hydrogen-bond donors (Lipinski definition) is 1. The number of thioether (sulfide) groups is 1. The van der Waals surface area contributed by atoms with Gasteiger partial charge in [0, 0.05) is 0 Å². The molecule has 6 heteroatoms. The molecule has 0 radical (unpaired) electrons. The van der Waals surface area contributed by atoms with Crippen molar-refractivity contribution in [3.8, 4) is 6.07 Å². The molecule has 0 aromatic carbocycles. The predicted octanol–water partition coefficient (Wildman–Crippen LogP) is 1.73. The Bertz CT molecular complexity index is 356. The summed E-state index contributed by atoms with van der Waals surface area (Å²) in [7, 11) is 0. The van der Waals surface area contributed by atoms with E-state index in [0.29, 0.717) is 0 Å². The molecular weight excluding hydrogens is 264 g/mol. The lowest BCUT2D eigenvalue weighted by Gasteiger charge is -2.26. The molecule has 5 nitrogen and oxygen atoms in total. The molecule has 0 aliphatic carbocycles. The molecule has 0 spiro atoms. The Labute approximate surface area is 119 Å². The highest BCUT2D eigenvalue weighted by atomic mass is 32.2. The van der Waals surface area contributed by atoms with Crippen molar-refractivity contribution >= 4 is 23.6 Å². The second-order valence-electron chi connectivity index (χ2n) is 5.47. The number of esters is 1. The standard InChI is InChI=1S/C13H22N2O3S/c1-9(2)11(12(17)18-13(3,4)5)15-10(16)8-19-7-6-14/h9,11H,7-8H2,1-5H3,(H,15,16)/t11-/m1/s1. The van der Waals surface area contributed by atoms with Crippen molar-refractivity contribution in [1.29, 1.82) is 5.26 Å². The highest BCUT2D eigenvalue weighted by Gasteiger charge is 2.28. The Hall–Kier alpha value is -1.22. The normalized spacial score (nSPS) is 12.7. The molecule has 0 bridgehead atoms. The van der Waals surface area contributed by atoms with Crippen molar-refractivity contribution in [3.63, 3.8) is 0 Å². The van der Waals surface area contributed by atoms with Gasteiger partial charge in [0.2, 0.25) is 5.91 Å². The van der Waals surface area contributed by atoms with Crippen LogP contribution in [0.15, 0.2) is 0 Å². The number of rotatable bonds is 6. The van der Waals surface area contributed by atoms with E-state index in [1.54, 1.807) is 20.8 Å². The van der Waals surface area contributed by atoms with E-state index in [2.05, 4.69) is 5.32 Å². The first kappa shape index (κ1) is 17.8. The highest BCUT2D eigenvalue weighted by Crippen LogP contribution is 2.12. The number of amides is 1. The largest absolute Gasteiger partial charge is 0.458 e. The molecule has 0 aromatic rings. The first-order valence-corrected chi connectivity index (χ1v) is 7.29. The van der Waals surface area contributed by atoms with Gasteiger partial charge in [0.25, 0.3) is 0 Å². The van der Waals surface area contributed by atoms with Gasteiger partial charge in [0.1, 0.15) is 11.6 Å². The Kier molecular flexibility index (Phi) is 7.53. The summed E-state index contributed by atoms with van der Waals surface area (Å²) in [6.45, 7) is 9.04. The van der Waals surface area contributed by atoms with Crippen LogP contribution in [0.1, 0.15) is 34.6 Å². The van der Waals surface area contributed by atoms with Crippen LogP contribution in [0.4, 0.5) is 0 Å². The molecule has 19 heavy (non-hydrogen) atoms. The molecule has 0 saturated heterocycles. The van der Waals surface area contributed by atoms with Crippen LogP contribution >= 0.6 is 11.8 Å². The molecule has 0 saturated carbocycles. The SMILES string of the molecule is CC(C)[C@@H](NC(=O)CSCC#N)C(=O)OC(C)(C)C. The average molecular weight is 286 g/mol. The smallest absolute Gasteiger partial charge is 0.329 e. The third-order valence-electron chi connectivity index (χ3n) is 2.04. The molecule has 0 aromatic heterocycles. The maximum atomic E-state index is 12.0. The summed E-state index contributed by atoms with van der Waals surface area (Å²) in [5, 5.41) is 11.0. The zero-order valence-corrected chi connectivity index (χ0v) is 13.0. The van der Waals surface area contributed by atoms with Crippen LogP contribution in [-0.2, 0) is 14.3 Å². The van der Waals surface area contributed by atoms with E-state index in [0.717, 1.165) is 0 Å². The Morgan fingerprint density at radius 2 is 1.95 bits per heavy atom. The van der Waals surface area contributed by atoms with Crippen LogP contribution in [0, 0.1) is 17.2 Å². The lowest BCUT2D eigenvalue weighted by atomic mass is 10.0. The van der Waals surface area contributed by atoms with Gasteiger partial charge in [-0.1, -0.05) is 13.8 Å². The fraction of sp³-hybridized carbons (Fsp3) is 0.769. The van der Waals surface area contributed by atoms with Crippen molar-refractivity contribution < 1.29 is 14.3 Å². The number of hydrogen-bond acceptors (Lipinski definition) is 5. The first-order valence-electron chi connectivity index (χ1n) is 6.14. The minimum absolute atomic E-state index is 0.0558. The maximum absolute atomic E-state index is 12.0. The zero-order valence-electron chi connectivity index (χ0n) is 12.1. The van der Waals surface area contributed by atoms with Crippen molar-refractivity contribution in [3.05, 3.63) is 0 Å². The van der Waals surface area contributed by atoms with E-state index in [9.17, 15) is 9.59 Å². The van der Waals surface area contributed by atoms with Gasteiger partial charge in [-0.3, -0.25) is 4.79 Å². The van der Waals surface area contributed by atoms with Gasteiger partial charge in [-0.05, 0) is 26.7 Å². The lowest BCUT2D eigenvalue weighted by Crippen LogP contribution is -2.47. The zero-order chi connectivity index (χ0) is 15.1. The molecule has 0 unspecified atom stereocenters. The van der Waals surface area contributed by atoms with Crippen molar-refractivity contribution in [2.45, 2.75) is 46.3 Å². The fourth-order valence-corrected chi connectivity index (χ4v) is 1.73. The molecule has 0 heterocycles. The third-order valence-corrected chi connectivity index (χ3v) is 2.84. The molecule has 1 N–H and O–H groups in total. The molecule has 1 atom stereocenters. The predicted molar refractivity (Wildman–Crippen MR) is 75.6 cm³/mol. The van der Waals surface area contributed by atoms with Crippen LogP contribution in [0.3, 0.4) is 0 Å². The van der Waals surface area contributed by atoms with Crippen molar-refractivity contribution in [2.24, 2.45) is 5.92 Å². The first-order chi connectivity index (χ1) is 8.67. The topological polar surface area (TPSA) is 79.2 Å². The number of nitrogens with one attached hydrogen (secondary N) is 1. The van der Waals surface area contributed by atoms with E-state index in [4.69, 9.17) is 10.00 Å². The lowest BCUT2D eigenvalue weighted by molar-refractivity contribution is -0.159. The number of carbonyl (C=O) groups excluding carboxylic acids is 2. The van der Waals surface area contributed by atoms with Gasteiger partial charge < -0.3 is 10.1 Å². The minimum Gasteiger partial charge on any atom is -0.458 e. The summed E-state index contributed by atoms with van der Waals surface area (Å²) >= 11 is 1.21. The van der Waals surface area contributed by atoms with Crippen LogP contribution in [0.25, 0.3) is 0 Å². The van der Waals surface area contributed by atoms with Gasteiger partial charge in [-0.25, -0.2) is 4.79 Å². The van der Waals surface area contributed by atoms with Crippen LogP contribution < -0.4 is 5.32 Å². The average Bonchev–Trinajstić information content (AvgIpc) is 2.23. The second kappa shape index (κ2) is 8.05. The summed E-state index contributed by atoms with van der Waals surface area (Å²) in [6.07, 6.45) is 0. The van der Waals surface area contributed by atoms with Crippen LogP contribution in [0.2, 0.25) is 0 Å². The number of nitrogens with zero attached hydrogens (tertiary/aromatic N) is 1. The minimum atomic E-state index is -0.658. The number of ether oxygens (including phenoxy) is 1. The summed E-state index contributed by atoms with van der Waals surface area (Å²) in [6, 6.07) is 1.29. The molecule has 0 aliphatic rings. The fourth-order valence-electron chi connectivity index (χ4n) is 1.27. The third kappa shape index (κ3) is 8.49. The summed E-state index contributed by atoms with van der Waals surface area (Å²) in [5.74, 6) is -0.322. The molecule has 0 fully saturated rings. The summed E-state index contributed by atoms with van der Waals surface area (Å²) in [4.78, 5) is 23.6. The summed E-state index contributed by atoms with van der Waals surface area (Å²) < 4.78 is 5.27. The summed E-state index contributed by atoms with van der Waals surface area (Å²) in [5.41, 5.74) is -0.579. The second-order valence-corrected chi connectivity index (χ2v) is 6.46. The molecule has 1 amide bonds. The molecule has 108 valence electrons. The van der Waals surface area contributed by atoms with E-state index >= 15 is 0 Å². The monoisotopic (exact) mass is 286 g/mol. The number of nitriles is 1. The Morgan fingerprint density at radius 1 is 1.37 bits per heavy atom. The Morgan fingerprint density at radius 3 is 2.37 bits per heavy atom. The van der Waals surface area contributed by atoms with Gasteiger partial charge in [-0.15, -0.1) is 11.8 Å². The van der Waals surface area contributed by atoms with Gasteiger partial charge >= 0.3 is 5.97 Å². The van der Waals surface area contributed by atoms with Gasteiger partial charge in [0.15, 0.2) is 0 Å². The van der Waals surface area contributed by atoms with E-state index in [-0.39, 0.29) is 23.3 Å². The van der Waals surface area contributed by atoms with Crippen molar-refractivity contribution in [1.82, 2.24) is 5.32 Å². The van der Waals surface area contributed by atoms with Crippen molar-refractivity contribution in [2.75, 3.05) is 11.5 Å². The molecule has 0 aliphatic heterocycles. The Balaban J connectivity index is 4.46. The van der Waals surface area contributed by atoms with Crippen LogP contribution in [0.5, 0.6) is 0 Å². The number of carbonyl (C=O) groups is 2. The van der Waals surface area contributed by atoms with E-state index < -0.39 is 17.6 Å². The van der Waals surface area contributed by atoms with Gasteiger partial charge in [-0.2, -0.15) is 5.26 Å². The van der Waals surface area contributed by atoms with Gasteiger partial charge in [0.05, 0.1) is 17.6 Å². The van der Waals surface area contributed by atoms with Crippen LogP contribution in [-0.4, -0.2) is 35.0 Å². The van der Waals surface area contributed by atoms with E-state index in [1.165, 1.54) is 11.8 Å². The highest BCUT2D eigenvalue weighted by molar-refractivity contribution is 8.00.